The van der Waals surface area contributed by atoms with Crippen LogP contribution < -0.4 is 0 Å². The third-order valence-corrected chi connectivity index (χ3v) is 3.46. The van der Waals surface area contributed by atoms with Crippen molar-refractivity contribution in [2.24, 2.45) is 5.92 Å². The lowest BCUT2D eigenvalue weighted by Crippen LogP contribution is -2.06. The zero-order valence-electron chi connectivity index (χ0n) is 8.46. The van der Waals surface area contributed by atoms with Crippen LogP contribution in [0.4, 0.5) is 0 Å². The smallest absolute Gasteiger partial charge is 0.272 e. The van der Waals surface area contributed by atoms with Crippen LogP contribution >= 0.6 is 0 Å². The van der Waals surface area contributed by atoms with Crippen molar-refractivity contribution >= 4 is 10.1 Å². The molecule has 0 spiro atoms. The second kappa shape index (κ2) is 3.90. The van der Waals surface area contributed by atoms with E-state index in [0.717, 1.165) is 13.7 Å². The van der Waals surface area contributed by atoms with Crippen LogP contribution in [0.5, 0.6) is 0 Å². The van der Waals surface area contributed by atoms with Gasteiger partial charge in [-0.1, -0.05) is 5.21 Å². The zero-order valence-corrected chi connectivity index (χ0v) is 9.27. The van der Waals surface area contributed by atoms with E-state index in [-0.39, 0.29) is 5.75 Å². The topological polar surface area (TPSA) is 74.1 Å². The zero-order chi connectivity index (χ0) is 10.9. The van der Waals surface area contributed by atoms with Crippen molar-refractivity contribution in [1.82, 2.24) is 15.0 Å². The monoisotopic (exact) mass is 231 g/mol. The van der Waals surface area contributed by atoms with Crippen LogP contribution in [0.2, 0.25) is 0 Å². The quantitative estimate of drug-likeness (QED) is 0.675. The Morgan fingerprint density at radius 2 is 2.33 bits per heavy atom. The summed E-state index contributed by atoms with van der Waals surface area (Å²) >= 11 is 0. The Labute approximate surface area is 88.4 Å². The van der Waals surface area contributed by atoms with E-state index in [1.54, 1.807) is 10.9 Å². The highest BCUT2D eigenvalue weighted by Gasteiger charge is 2.22. The molecule has 0 amide bonds. The molecule has 1 fully saturated rings. The molecule has 1 aromatic heterocycles. The van der Waals surface area contributed by atoms with Gasteiger partial charge in [-0.3, -0.25) is 8.86 Å². The fourth-order valence-corrected chi connectivity index (χ4v) is 1.91. The van der Waals surface area contributed by atoms with E-state index in [0.29, 0.717) is 11.6 Å². The highest BCUT2D eigenvalue weighted by Crippen LogP contribution is 2.30. The average Bonchev–Trinajstić information content (AvgIpc) is 2.88. The van der Waals surface area contributed by atoms with E-state index in [4.69, 9.17) is 0 Å². The second-order valence-corrected chi connectivity index (χ2v) is 5.48. The summed E-state index contributed by atoms with van der Waals surface area (Å²) in [6.07, 6.45) is 4.12. The Morgan fingerprint density at radius 3 is 2.93 bits per heavy atom. The summed E-state index contributed by atoms with van der Waals surface area (Å²) in [5.41, 5.74) is 0.428. The molecule has 0 atom stereocenters. The van der Waals surface area contributed by atoms with Gasteiger partial charge in [-0.05, 0) is 18.8 Å². The van der Waals surface area contributed by atoms with E-state index < -0.39 is 10.1 Å². The maximum absolute atomic E-state index is 11.1. The molecule has 1 aromatic rings. The van der Waals surface area contributed by atoms with Crippen molar-refractivity contribution in [1.29, 1.82) is 0 Å². The van der Waals surface area contributed by atoms with Crippen LogP contribution in [-0.4, -0.2) is 30.5 Å². The van der Waals surface area contributed by atoms with E-state index in [9.17, 15) is 8.42 Å². The van der Waals surface area contributed by atoms with Crippen LogP contribution in [0.15, 0.2) is 6.20 Å². The molecule has 1 aliphatic rings. The van der Waals surface area contributed by atoms with Crippen LogP contribution in [0.1, 0.15) is 18.5 Å². The lowest BCUT2D eigenvalue weighted by molar-refractivity contribution is 0.396. The maximum atomic E-state index is 11.1. The number of hydrogen-bond donors (Lipinski definition) is 0. The molecule has 0 saturated heterocycles. The van der Waals surface area contributed by atoms with E-state index in [1.807, 2.05) is 0 Å². The van der Waals surface area contributed by atoms with Crippen LogP contribution in [-0.2, 0) is 26.6 Å². The molecule has 0 aromatic carbocycles. The Bertz CT molecular complexity index is 436. The minimum absolute atomic E-state index is 0.214. The van der Waals surface area contributed by atoms with Gasteiger partial charge in [0.1, 0.15) is 11.4 Å². The normalized spacial score (nSPS) is 16.9. The molecule has 2 rings (SSSR count). The number of aromatic nitrogens is 3. The first-order valence-electron chi connectivity index (χ1n) is 4.76. The fraction of sp³-hybridized carbons (Fsp3) is 0.750. The van der Waals surface area contributed by atoms with Crippen molar-refractivity contribution < 1.29 is 12.6 Å². The number of hydrogen-bond acceptors (Lipinski definition) is 5. The predicted octanol–water partition coefficient (Wildman–Crippen LogP) is 0.164. The van der Waals surface area contributed by atoms with E-state index >= 15 is 0 Å². The number of nitrogens with zero attached hydrogens (tertiary/aromatic N) is 3. The third-order valence-electron chi connectivity index (χ3n) is 2.31. The summed E-state index contributed by atoms with van der Waals surface area (Å²) < 4.78 is 28.3. The Morgan fingerprint density at radius 1 is 1.60 bits per heavy atom. The van der Waals surface area contributed by atoms with Crippen molar-refractivity contribution in [3.63, 3.8) is 0 Å². The maximum Gasteiger partial charge on any atom is 0.272 e. The fourth-order valence-electron chi connectivity index (χ4n) is 1.30. The molecule has 0 unspecified atom stereocenters. The van der Waals surface area contributed by atoms with Gasteiger partial charge in [0.05, 0.1) is 7.11 Å². The summed E-state index contributed by atoms with van der Waals surface area (Å²) in [5, 5.41) is 7.65. The van der Waals surface area contributed by atoms with E-state index in [1.165, 1.54) is 12.8 Å². The minimum Gasteiger partial charge on any atom is -0.273 e. The van der Waals surface area contributed by atoms with Gasteiger partial charge in [0.25, 0.3) is 10.1 Å². The lowest BCUT2D eigenvalue weighted by atomic mass is 10.4. The SMILES string of the molecule is COS(=O)(=O)Cc1cn(CC2CC2)nn1. The second-order valence-electron chi connectivity index (χ2n) is 3.74. The van der Waals surface area contributed by atoms with Gasteiger partial charge in [0.15, 0.2) is 0 Å². The third kappa shape index (κ3) is 3.00. The summed E-state index contributed by atoms with van der Waals surface area (Å²) in [6, 6.07) is 0. The highest BCUT2D eigenvalue weighted by atomic mass is 32.2. The summed E-state index contributed by atoms with van der Waals surface area (Å²) in [4.78, 5) is 0. The molecule has 15 heavy (non-hydrogen) atoms. The van der Waals surface area contributed by atoms with Gasteiger partial charge < -0.3 is 0 Å². The van der Waals surface area contributed by atoms with E-state index in [2.05, 4.69) is 14.5 Å². The van der Waals surface area contributed by atoms with Crippen molar-refractivity contribution in [2.45, 2.75) is 25.1 Å². The molecule has 1 aliphatic carbocycles. The van der Waals surface area contributed by atoms with Gasteiger partial charge >= 0.3 is 0 Å². The molecular formula is C8H13N3O3S. The van der Waals surface area contributed by atoms with Gasteiger partial charge in [0.2, 0.25) is 0 Å². The van der Waals surface area contributed by atoms with Crippen molar-refractivity contribution in [3.05, 3.63) is 11.9 Å². The minimum atomic E-state index is -3.49. The van der Waals surface area contributed by atoms with Crippen molar-refractivity contribution in [3.8, 4) is 0 Å². The Hall–Kier alpha value is -0.950. The van der Waals surface area contributed by atoms with Gasteiger partial charge in [0, 0.05) is 12.7 Å². The lowest BCUT2D eigenvalue weighted by Gasteiger charge is -1.96. The first-order chi connectivity index (χ1) is 7.09. The Balaban J connectivity index is 2.00. The summed E-state index contributed by atoms with van der Waals surface area (Å²) in [5.74, 6) is 0.479. The Kier molecular flexibility index (Phi) is 2.74. The van der Waals surface area contributed by atoms with Gasteiger partial charge in [-0.2, -0.15) is 8.42 Å². The molecule has 0 aliphatic heterocycles. The highest BCUT2D eigenvalue weighted by molar-refractivity contribution is 7.85. The number of rotatable bonds is 5. The van der Waals surface area contributed by atoms with Crippen LogP contribution in [0.25, 0.3) is 0 Å². The molecule has 0 N–H and O–H groups in total. The van der Waals surface area contributed by atoms with Gasteiger partial charge in [-0.25, -0.2) is 0 Å². The average molecular weight is 231 g/mol. The van der Waals surface area contributed by atoms with Gasteiger partial charge in [-0.15, -0.1) is 5.10 Å². The standard InChI is InChI=1S/C8H13N3O3S/c1-14-15(12,13)6-8-5-11(10-9-8)4-7-2-3-7/h5,7H,2-4,6H2,1H3. The van der Waals surface area contributed by atoms with Crippen LogP contribution in [0, 0.1) is 5.92 Å². The molecule has 1 heterocycles. The molecule has 0 bridgehead atoms. The molecule has 84 valence electrons. The molecule has 7 heteroatoms. The molecule has 1 saturated carbocycles. The summed E-state index contributed by atoms with van der Waals surface area (Å²) in [6.45, 7) is 0.833. The largest absolute Gasteiger partial charge is 0.273 e. The first kappa shape index (κ1) is 10.6. The van der Waals surface area contributed by atoms with Crippen LogP contribution in [0.3, 0.4) is 0 Å². The molecular weight excluding hydrogens is 218 g/mol. The predicted molar refractivity (Wildman–Crippen MR) is 52.4 cm³/mol. The van der Waals surface area contributed by atoms with Crippen molar-refractivity contribution in [2.75, 3.05) is 7.11 Å². The molecule has 0 radical (unpaired) electrons. The first-order valence-corrected chi connectivity index (χ1v) is 6.34. The molecule has 6 nitrogen and oxygen atoms in total. The summed E-state index contributed by atoms with van der Waals surface area (Å²) in [7, 11) is -2.35.